The van der Waals surface area contributed by atoms with Crippen LogP contribution in [0.4, 0.5) is 4.39 Å². The first-order chi connectivity index (χ1) is 17.4. The van der Waals surface area contributed by atoms with E-state index in [2.05, 4.69) is 32.0 Å². The van der Waals surface area contributed by atoms with E-state index in [4.69, 9.17) is 14.2 Å². The Morgan fingerprint density at radius 2 is 1.44 bits per heavy atom. The normalized spacial score (nSPS) is 12.2. The smallest absolute Gasteiger partial charge is 0.127 e. The summed E-state index contributed by atoms with van der Waals surface area (Å²) in [5.41, 5.74) is 2.97. The van der Waals surface area contributed by atoms with Gasteiger partial charge in [-0.3, -0.25) is 0 Å². The molecule has 0 bridgehead atoms. The molecule has 36 heavy (non-hydrogen) atoms. The number of rotatable bonds is 11. The SMILES string of the molecule is CCOc1ccc(C(C)(C)COC(Cc2cccc(Oc3ccccc3)c2)c2ccc(F)cc2)cc1. The Labute approximate surface area is 213 Å². The standard InChI is InChI=1S/C32H33FO3/c1-4-34-28-19-15-26(16-20-28)32(2,3)23-35-31(25-13-17-27(33)18-14-25)22-24-9-8-12-30(21-24)36-29-10-6-5-7-11-29/h5-21,31H,4,22-23H2,1-3H3. The summed E-state index contributed by atoms with van der Waals surface area (Å²) in [5.74, 6) is 2.16. The molecule has 4 aromatic carbocycles. The first-order valence-corrected chi connectivity index (χ1v) is 12.4. The summed E-state index contributed by atoms with van der Waals surface area (Å²) >= 11 is 0. The monoisotopic (exact) mass is 484 g/mol. The number of halogens is 1. The summed E-state index contributed by atoms with van der Waals surface area (Å²) in [6.45, 7) is 7.45. The summed E-state index contributed by atoms with van der Waals surface area (Å²) in [6.07, 6.45) is 0.399. The molecular formula is C32H33FO3. The molecule has 0 fully saturated rings. The van der Waals surface area contributed by atoms with Gasteiger partial charge in [0.1, 0.15) is 23.1 Å². The first kappa shape index (κ1) is 25.5. The highest BCUT2D eigenvalue weighted by Gasteiger charge is 2.24. The van der Waals surface area contributed by atoms with Crippen LogP contribution in [0.5, 0.6) is 17.2 Å². The van der Waals surface area contributed by atoms with Crippen LogP contribution in [0.3, 0.4) is 0 Å². The van der Waals surface area contributed by atoms with Crippen molar-refractivity contribution in [3.63, 3.8) is 0 Å². The van der Waals surface area contributed by atoms with E-state index < -0.39 is 0 Å². The molecule has 0 radical (unpaired) electrons. The lowest BCUT2D eigenvalue weighted by Crippen LogP contribution is -2.26. The van der Waals surface area contributed by atoms with Crippen LogP contribution in [0, 0.1) is 5.82 Å². The van der Waals surface area contributed by atoms with Crippen LogP contribution in [-0.2, 0) is 16.6 Å². The van der Waals surface area contributed by atoms with Gasteiger partial charge in [-0.05, 0) is 72.1 Å². The van der Waals surface area contributed by atoms with Gasteiger partial charge in [0, 0.05) is 11.8 Å². The fraction of sp³-hybridized carbons (Fsp3) is 0.250. The van der Waals surface area contributed by atoms with Crippen LogP contribution >= 0.6 is 0 Å². The van der Waals surface area contributed by atoms with Gasteiger partial charge < -0.3 is 14.2 Å². The zero-order valence-corrected chi connectivity index (χ0v) is 21.1. The molecule has 0 aliphatic carbocycles. The van der Waals surface area contributed by atoms with Crippen molar-refractivity contribution < 1.29 is 18.6 Å². The third-order valence-corrected chi connectivity index (χ3v) is 6.13. The Kier molecular flexibility index (Phi) is 8.40. The molecule has 0 amide bonds. The minimum Gasteiger partial charge on any atom is -0.494 e. The highest BCUT2D eigenvalue weighted by Crippen LogP contribution is 2.31. The van der Waals surface area contributed by atoms with Crippen LogP contribution in [0.25, 0.3) is 0 Å². The second kappa shape index (κ2) is 11.9. The van der Waals surface area contributed by atoms with Crippen molar-refractivity contribution in [2.24, 2.45) is 0 Å². The van der Waals surface area contributed by atoms with Crippen molar-refractivity contribution in [2.75, 3.05) is 13.2 Å². The predicted octanol–water partition coefficient (Wildman–Crippen LogP) is 8.29. The molecule has 3 nitrogen and oxygen atoms in total. The Balaban J connectivity index is 1.51. The second-order valence-corrected chi connectivity index (χ2v) is 9.46. The summed E-state index contributed by atoms with van der Waals surface area (Å²) in [7, 11) is 0. The number of hydrogen-bond donors (Lipinski definition) is 0. The number of ether oxygens (including phenoxy) is 3. The second-order valence-electron chi connectivity index (χ2n) is 9.46. The van der Waals surface area contributed by atoms with E-state index >= 15 is 0 Å². The molecule has 1 unspecified atom stereocenters. The fourth-order valence-electron chi connectivity index (χ4n) is 4.09. The maximum absolute atomic E-state index is 13.7. The van der Waals surface area contributed by atoms with Crippen molar-refractivity contribution in [1.82, 2.24) is 0 Å². The minimum atomic E-state index is -0.259. The molecule has 4 rings (SSSR count). The minimum absolute atomic E-state index is 0.221. The highest BCUT2D eigenvalue weighted by atomic mass is 19.1. The van der Waals surface area contributed by atoms with E-state index in [0.717, 1.165) is 28.4 Å². The molecule has 186 valence electrons. The van der Waals surface area contributed by atoms with E-state index in [-0.39, 0.29) is 17.3 Å². The first-order valence-electron chi connectivity index (χ1n) is 12.4. The van der Waals surface area contributed by atoms with Gasteiger partial charge in [-0.1, -0.05) is 68.4 Å². The maximum atomic E-state index is 13.7. The lowest BCUT2D eigenvalue weighted by molar-refractivity contribution is 0.0245. The van der Waals surface area contributed by atoms with Crippen LogP contribution in [0.15, 0.2) is 103 Å². The molecule has 0 aromatic heterocycles. The molecule has 4 heteroatoms. The van der Waals surface area contributed by atoms with Crippen molar-refractivity contribution in [3.8, 4) is 17.2 Å². The highest BCUT2D eigenvalue weighted by molar-refractivity contribution is 5.35. The van der Waals surface area contributed by atoms with Gasteiger partial charge in [0.2, 0.25) is 0 Å². The van der Waals surface area contributed by atoms with Crippen molar-refractivity contribution >= 4 is 0 Å². The number of para-hydroxylation sites is 1. The molecule has 0 N–H and O–H groups in total. The summed E-state index contributed by atoms with van der Waals surface area (Å²) in [5, 5.41) is 0. The van der Waals surface area contributed by atoms with Gasteiger partial charge in [-0.2, -0.15) is 0 Å². The molecule has 1 atom stereocenters. The number of hydrogen-bond acceptors (Lipinski definition) is 3. The molecule has 0 saturated carbocycles. The van der Waals surface area contributed by atoms with E-state index in [9.17, 15) is 4.39 Å². The maximum Gasteiger partial charge on any atom is 0.127 e. The van der Waals surface area contributed by atoms with E-state index in [1.807, 2.05) is 67.6 Å². The summed E-state index contributed by atoms with van der Waals surface area (Å²) < 4.78 is 31.8. The van der Waals surface area contributed by atoms with Gasteiger partial charge >= 0.3 is 0 Å². The molecule has 4 aromatic rings. The molecule has 0 spiro atoms. The third kappa shape index (κ3) is 6.96. The summed E-state index contributed by atoms with van der Waals surface area (Å²) in [4.78, 5) is 0. The molecule has 0 saturated heterocycles. The average molecular weight is 485 g/mol. The van der Waals surface area contributed by atoms with Gasteiger partial charge in [0.25, 0.3) is 0 Å². The Morgan fingerprint density at radius 3 is 2.14 bits per heavy atom. The van der Waals surface area contributed by atoms with Gasteiger partial charge in [-0.15, -0.1) is 0 Å². The van der Waals surface area contributed by atoms with Crippen LogP contribution < -0.4 is 9.47 Å². The topological polar surface area (TPSA) is 27.7 Å². The average Bonchev–Trinajstić information content (AvgIpc) is 2.88. The van der Waals surface area contributed by atoms with Crippen molar-refractivity contribution in [1.29, 1.82) is 0 Å². The molecule has 0 heterocycles. The Bertz CT molecular complexity index is 1220. The molecule has 0 aliphatic heterocycles. The van der Waals surface area contributed by atoms with E-state index in [0.29, 0.717) is 19.6 Å². The Morgan fingerprint density at radius 1 is 0.750 bits per heavy atom. The van der Waals surface area contributed by atoms with Crippen molar-refractivity contribution in [2.45, 2.75) is 38.7 Å². The zero-order chi connectivity index (χ0) is 25.4. The fourth-order valence-corrected chi connectivity index (χ4v) is 4.09. The summed E-state index contributed by atoms with van der Waals surface area (Å²) in [6, 6.07) is 32.5. The quantitative estimate of drug-likeness (QED) is 0.214. The van der Waals surface area contributed by atoms with E-state index in [1.54, 1.807) is 12.1 Å². The molecular weight excluding hydrogens is 451 g/mol. The largest absolute Gasteiger partial charge is 0.494 e. The van der Waals surface area contributed by atoms with Crippen LogP contribution in [-0.4, -0.2) is 13.2 Å². The zero-order valence-electron chi connectivity index (χ0n) is 21.1. The lowest BCUT2D eigenvalue weighted by Gasteiger charge is -2.29. The van der Waals surface area contributed by atoms with Crippen LogP contribution in [0.1, 0.15) is 43.6 Å². The van der Waals surface area contributed by atoms with Gasteiger partial charge in [-0.25, -0.2) is 4.39 Å². The van der Waals surface area contributed by atoms with Gasteiger partial charge in [0.05, 0.1) is 19.3 Å². The number of benzene rings is 4. The van der Waals surface area contributed by atoms with Crippen molar-refractivity contribution in [3.05, 3.63) is 126 Å². The Hall–Kier alpha value is -3.63. The van der Waals surface area contributed by atoms with Crippen LogP contribution in [0.2, 0.25) is 0 Å². The predicted molar refractivity (Wildman–Crippen MR) is 142 cm³/mol. The third-order valence-electron chi connectivity index (χ3n) is 6.13. The van der Waals surface area contributed by atoms with E-state index in [1.165, 1.54) is 17.7 Å². The molecule has 0 aliphatic rings. The van der Waals surface area contributed by atoms with Gasteiger partial charge in [0.15, 0.2) is 0 Å². The lowest BCUT2D eigenvalue weighted by atomic mass is 9.85.